The molecule has 6 heteroatoms. The van der Waals surface area contributed by atoms with E-state index >= 15 is 0 Å². The van der Waals surface area contributed by atoms with Crippen molar-refractivity contribution in [1.82, 2.24) is 5.32 Å². The molecule has 6 nitrogen and oxygen atoms in total. The van der Waals surface area contributed by atoms with Crippen LogP contribution in [0.25, 0.3) is 6.08 Å². The number of nitrogens with one attached hydrogen (secondary N) is 1. The van der Waals surface area contributed by atoms with Crippen LogP contribution in [-0.4, -0.2) is 33.3 Å². The molecule has 0 radical (unpaired) electrons. The second kappa shape index (κ2) is 10.3. The van der Waals surface area contributed by atoms with Crippen LogP contribution in [0.3, 0.4) is 0 Å². The lowest BCUT2D eigenvalue weighted by Gasteiger charge is -2.14. The molecule has 0 saturated carbocycles. The van der Waals surface area contributed by atoms with Gasteiger partial charge in [-0.2, -0.15) is 0 Å². The molecule has 0 atom stereocenters. The van der Waals surface area contributed by atoms with Crippen molar-refractivity contribution in [3.63, 3.8) is 0 Å². The van der Waals surface area contributed by atoms with E-state index in [0.29, 0.717) is 29.4 Å². The number of benzene rings is 2. The van der Waals surface area contributed by atoms with Crippen molar-refractivity contribution in [2.45, 2.75) is 26.5 Å². The Hall–Kier alpha value is -3.15. The smallest absolute Gasteiger partial charge is 0.244 e. The number of ether oxygens (including phenoxy) is 4. The fourth-order valence-electron chi connectivity index (χ4n) is 2.63. The molecule has 0 aliphatic carbocycles. The van der Waals surface area contributed by atoms with Crippen LogP contribution in [0.1, 0.15) is 25.0 Å². The second-order valence-corrected chi connectivity index (χ2v) is 6.29. The zero-order valence-electron chi connectivity index (χ0n) is 16.9. The van der Waals surface area contributed by atoms with Crippen LogP contribution in [0.4, 0.5) is 0 Å². The van der Waals surface area contributed by atoms with E-state index in [1.54, 1.807) is 32.4 Å². The van der Waals surface area contributed by atoms with Gasteiger partial charge in [-0.15, -0.1) is 0 Å². The van der Waals surface area contributed by atoms with E-state index in [0.717, 1.165) is 11.3 Å². The van der Waals surface area contributed by atoms with Crippen LogP contribution in [0.2, 0.25) is 0 Å². The number of carbonyl (C=O) groups excluding carboxylic acids is 1. The quantitative estimate of drug-likeness (QED) is 0.665. The first-order valence-electron chi connectivity index (χ1n) is 8.99. The summed E-state index contributed by atoms with van der Waals surface area (Å²) in [5.41, 5.74) is 1.70. The summed E-state index contributed by atoms with van der Waals surface area (Å²) in [7, 11) is 4.64. The summed E-state index contributed by atoms with van der Waals surface area (Å²) in [6.07, 6.45) is 3.26. The molecule has 2 rings (SSSR count). The summed E-state index contributed by atoms with van der Waals surface area (Å²) in [6, 6.07) is 11.2. The van der Waals surface area contributed by atoms with Gasteiger partial charge in [0.15, 0.2) is 11.5 Å². The third kappa shape index (κ3) is 5.67. The first-order chi connectivity index (χ1) is 13.5. The van der Waals surface area contributed by atoms with Gasteiger partial charge in [0.1, 0.15) is 5.75 Å². The largest absolute Gasteiger partial charge is 0.493 e. The summed E-state index contributed by atoms with van der Waals surface area (Å²) < 4.78 is 21.6. The van der Waals surface area contributed by atoms with Crippen molar-refractivity contribution in [3.8, 4) is 23.0 Å². The highest BCUT2D eigenvalue weighted by molar-refractivity contribution is 5.92. The maximum absolute atomic E-state index is 12.2. The fourth-order valence-corrected chi connectivity index (χ4v) is 2.63. The van der Waals surface area contributed by atoms with Crippen LogP contribution < -0.4 is 24.3 Å². The van der Waals surface area contributed by atoms with Crippen LogP contribution in [0.5, 0.6) is 23.0 Å². The van der Waals surface area contributed by atoms with E-state index in [1.165, 1.54) is 13.2 Å². The maximum Gasteiger partial charge on any atom is 0.244 e. The molecule has 2 aromatic carbocycles. The minimum absolute atomic E-state index is 0.129. The molecule has 0 saturated heterocycles. The normalized spacial score (nSPS) is 10.8. The molecule has 150 valence electrons. The molecule has 0 heterocycles. The summed E-state index contributed by atoms with van der Waals surface area (Å²) in [4.78, 5) is 12.2. The Morgan fingerprint density at radius 3 is 2.21 bits per heavy atom. The highest BCUT2D eigenvalue weighted by atomic mass is 16.5. The van der Waals surface area contributed by atoms with Crippen LogP contribution in [-0.2, 0) is 11.3 Å². The molecular formula is C22H27NO5. The highest BCUT2D eigenvalue weighted by Gasteiger charge is 2.14. The highest BCUT2D eigenvalue weighted by Crippen LogP contribution is 2.40. The van der Waals surface area contributed by atoms with Gasteiger partial charge in [0.05, 0.1) is 27.4 Å². The predicted molar refractivity (Wildman–Crippen MR) is 109 cm³/mol. The second-order valence-electron chi connectivity index (χ2n) is 6.29. The number of carbonyl (C=O) groups is 1. The molecule has 0 aromatic heterocycles. The first kappa shape index (κ1) is 21.2. The Labute approximate surface area is 166 Å². The van der Waals surface area contributed by atoms with Crippen molar-refractivity contribution in [3.05, 3.63) is 53.6 Å². The maximum atomic E-state index is 12.2. The van der Waals surface area contributed by atoms with E-state index in [4.69, 9.17) is 18.9 Å². The SMILES string of the molecule is COc1ccc(/C=C/C(=O)NCc2ccc(OC(C)C)cc2)c(OC)c1OC. The Morgan fingerprint density at radius 1 is 0.964 bits per heavy atom. The number of amides is 1. The van der Waals surface area contributed by atoms with Crippen LogP contribution in [0.15, 0.2) is 42.5 Å². The predicted octanol–water partition coefficient (Wildman–Crippen LogP) is 3.83. The zero-order valence-corrected chi connectivity index (χ0v) is 16.9. The lowest BCUT2D eigenvalue weighted by atomic mass is 10.1. The molecule has 0 bridgehead atoms. The Morgan fingerprint density at radius 2 is 1.64 bits per heavy atom. The van der Waals surface area contributed by atoms with E-state index in [9.17, 15) is 4.79 Å². The molecule has 1 N–H and O–H groups in total. The standard InChI is InChI=1S/C22H27NO5/c1-15(2)28-18-10-6-16(7-11-18)14-23-20(24)13-9-17-8-12-19(25-3)22(27-5)21(17)26-4/h6-13,15H,14H2,1-5H3,(H,23,24)/b13-9+. The molecule has 28 heavy (non-hydrogen) atoms. The van der Waals surface area contributed by atoms with E-state index in [2.05, 4.69) is 5.32 Å². The van der Waals surface area contributed by atoms with Crippen molar-refractivity contribution in [2.75, 3.05) is 21.3 Å². The molecule has 0 unspecified atom stereocenters. The molecule has 0 aliphatic heterocycles. The summed E-state index contributed by atoms with van der Waals surface area (Å²) >= 11 is 0. The summed E-state index contributed by atoms with van der Waals surface area (Å²) in [6.45, 7) is 4.38. The average molecular weight is 385 g/mol. The summed E-state index contributed by atoms with van der Waals surface area (Å²) in [5, 5.41) is 2.85. The third-order valence-corrected chi connectivity index (χ3v) is 3.91. The summed E-state index contributed by atoms with van der Waals surface area (Å²) in [5.74, 6) is 2.15. The van der Waals surface area contributed by atoms with Crippen molar-refractivity contribution in [2.24, 2.45) is 0 Å². The van der Waals surface area contributed by atoms with Crippen LogP contribution >= 0.6 is 0 Å². The van der Waals surface area contributed by atoms with E-state index in [1.807, 2.05) is 38.1 Å². The number of methoxy groups -OCH3 is 3. The van der Waals surface area contributed by atoms with Gasteiger partial charge in [-0.3, -0.25) is 4.79 Å². The minimum Gasteiger partial charge on any atom is -0.493 e. The van der Waals surface area contributed by atoms with Gasteiger partial charge in [-0.05, 0) is 49.8 Å². The Balaban J connectivity index is 2.00. The number of hydrogen-bond acceptors (Lipinski definition) is 5. The van der Waals surface area contributed by atoms with Gasteiger partial charge in [0, 0.05) is 18.2 Å². The van der Waals surface area contributed by atoms with Crippen molar-refractivity contribution >= 4 is 12.0 Å². The topological polar surface area (TPSA) is 66.0 Å². The Bertz CT molecular complexity index is 812. The van der Waals surface area contributed by atoms with Crippen molar-refractivity contribution < 1.29 is 23.7 Å². The van der Waals surface area contributed by atoms with Gasteiger partial charge in [-0.1, -0.05) is 12.1 Å². The molecule has 0 fully saturated rings. The van der Waals surface area contributed by atoms with E-state index in [-0.39, 0.29) is 12.0 Å². The molecule has 0 aliphatic rings. The third-order valence-electron chi connectivity index (χ3n) is 3.91. The van der Waals surface area contributed by atoms with Crippen molar-refractivity contribution in [1.29, 1.82) is 0 Å². The van der Waals surface area contributed by atoms with Gasteiger partial charge in [0.2, 0.25) is 11.7 Å². The number of hydrogen-bond donors (Lipinski definition) is 1. The van der Waals surface area contributed by atoms with Crippen LogP contribution in [0, 0.1) is 0 Å². The molecule has 2 aromatic rings. The number of rotatable bonds is 9. The first-order valence-corrected chi connectivity index (χ1v) is 8.99. The molecule has 0 spiro atoms. The Kier molecular flexibility index (Phi) is 7.75. The van der Waals surface area contributed by atoms with Gasteiger partial charge in [0.25, 0.3) is 0 Å². The average Bonchev–Trinajstić information content (AvgIpc) is 2.70. The van der Waals surface area contributed by atoms with E-state index < -0.39 is 0 Å². The molecule has 1 amide bonds. The minimum atomic E-state index is -0.209. The molecular weight excluding hydrogens is 358 g/mol. The monoisotopic (exact) mass is 385 g/mol. The zero-order chi connectivity index (χ0) is 20.5. The lowest BCUT2D eigenvalue weighted by molar-refractivity contribution is -0.116. The van der Waals surface area contributed by atoms with Gasteiger partial charge < -0.3 is 24.3 Å². The lowest BCUT2D eigenvalue weighted by Crippen LogP contribution is -2.20. The van der Waals surface area contributed by atoms with Gasteiger partial charge >= 0.3 is 0 Å². The fraction of sp³-hybridized carbons (Fsp3) is 0.318. The van der Waals surface area contributed by atoms with Gasteiger partial charge in [-0.25, -0.2) is 0 Å².